The van der Waals surface area contributed by atoms with Crippen LogP contribution in [0.3, 0.4) is 0 Å². The Morgan fingerprint density at radius 3 is 2.38 bits per heavy atom. The van der Waals surface area contributed by atoms with E-state index in [0.29, 0.717) is 13.1 Å². The molecule has 4 heteroatoms. The van der Waals surface area contributed by atoms with Gasteiger partial charge in [-0.25, -0.2) is 0 Å². The predicted octanol–water partition coefficient (Wildman–Crippen LogP) is 3.06. The lowest BCUT2D eigenvalue weighted by Gasteiger charge is -2.34. The molecule has 0 radical (unpaired) electrons. The topological polar surface area (TPSA) is 55.6 Å². The number of nitrogens with zero attached hydrogens (tertiary/aromatic N) is 1. The highest BCUT2D eigenvalue weighted by atomic mass is 16.5. The summed E-state index contributed by atoms with van der Waals surface area (Å²) in [4.78, 5) is 14.4. The lowest BCUT2D eigenvalue weighted by molar-refractivity contribution is -0.134. The van der Waals surface area contributed by atoms with Crippen molar-refractivity contribution in [2.75, 3.05) is 13.1 Å². The highest BCUT2D eigenvalue weighted by Crippen LogP contribution is 2.23. The molecule has 0 bridgehead atoms. The summed E-state index contributed by atoms with van der Waals surface area (Å²) in [6.07, 6.45) is 1.83. The molecule has 126 valence electrons. The van der Waals surface area contributed by atoms with E-state index >= 15 is 0 Å². The van der Waals surface area contributed by atoms with Gasteiger partial charge in [0.2, 0.25) is 5.91 Å². The zero-order chi connectivity index (χ0) is 16.9. The number of carbonyl (C=O) groups excluding carboxylic acids is 1. The molecular weight excluding hydrogens is 300 g/mol. The van der Waals surface area contributed by atoms with E-state index in [0.717, 1.165) is 29.7 Å². The Morgan fingerprint density at radius 1 is 1.08 bits per heavy atom. The van der Waals surface area contributed by atoms with Gasteiger partial charge in [0.15, 0.2) is 0 Å². The molecule has 1 heterocycles. The molecule has 3 rings (SSSR count). The smallest absolute Gasteiger partial charge is 0.244 e. The number of carbonyl (C=O) groups is 1. The predicted molar refractivity (Wildman–Crippen MR) is 94.8 cm³/mol. The van der Waals surface area contributed by atoms with Gasteiger partial charge < -0.3 is 15.4 Å². The van der Waals surface area contributed by atoms with Crippen LogP contribution in [0.1, 0.15) is 30.0 Å². The number of para-hydroxylation sites is 1. The summed E-state index contributed by atoms with van der Waals surface area (Å²) in [5.74, 6) is 0.929. The number of ether oxygens (including phenoxy) is 1. The maximum atomic E-state index is 12.6. The molecule has 2 N–H and O–H groups in total. The van der Waals surface area contributed by atoms with E-state index in [1.807, 2.05) is 66.4 Å². The third-order valence-corrected chi connectivity index (χ3v) is 4.57. The van der Waals surface area contributed by atoms with E-state index in [4.69, 9.17) is 10.5 Å². The number of benzene rings is 2. The summed E-state index contributed by atoms with van der Waals surface area (Å²) in [5.41, 5.74) is 8.13. The third-order valence-electron chi connectivity index (χ3n) is 4.57. The van der Waals surface area contributed by atoms with Gasteiger partial charge in [-0.1, -0.05) is 48.5 Å². The third kappa shape index (κ3) is 3.77. The minimum atomic E-state index is -0.583. The Kier molecular flexibility index (Phi) is 5.16. The summed E-state index contributed by atoms with van der Waals surface area (Å²) in [5, 5.41) is 0. The second-order valence-electron chi connectivity index (χ2n) is 6.30. The quantitative estimate of drug-likeness (QED) is 0.940. The lowest BCUT2D eigenvalue weighted by Crippen LogP contribution is -2.45. The van der Waals surface area contributed by atoms with E-state index < -0.39 is 6.04 Å². The molecule has 24 heavy (non-hydrogen) atoms. The molecule has 1 saturated heterocycles. The molecule has 0 unspecified atom stereocenters. The molecule has 2 aromatic carbocycles. The maximum Gasteiger partial charge on any atom is 0.244 e. The van der Waals surface area contributed by atoms with Gasteiger partial charge in [-0.15, -0.1) is 0 Å². The van der Waals surface area contributed by atoms with Crippen LogP contribution >= 0.6 is 0 Å². The van der Waals surface area contributed by atoms with Crippen LogP contribution in [0.4, 0.5) is 0 Å². The molecule has 4 nitrogen and oxygen atoms in total. The highest BCUT2D eigenvalue weighted by Gasteiger charge is 2.28. The standard InChI is InChI=1S/C20H24N2O2/c1-15-7-5-6-10-18(15)24-17-11-13-22(14-12-17)20(23)19(21)16-8-3-2-4-9-16/h2-10,17,19H,11-14,21H2,1H3/t19-/m0/s1. The summed E-state index contributed by atoms with van der Waals surface area (Å²) in [7, 11) is 0. The number of nitrogens with two attached hydrogens (primary N) is 1. The Balaban J connectivity index is 1.55. The second-order valence-corrected chi connectivity index (χ2v) is 6.30. The average Bonchev–Trinajstić information content (AvgIpc) is 2.64. The first kappa shape index (κ1) is 16.5. The minimum Gasteiger partial charge on any atom is -0.490 e. The van der Waals surface area contributed by atoms with Crippen molar-refractivity contribution in [2.45, 2.75) is 31.9 Å². The Hall–Kier alpha value is -2.33. The molecule has 0 saturated carbocycles. The SMILES string of the molecule is Cc1ccccc1OC1CCN(C(=O)[C@@H](N)c2ccccc2)CC1. The van der Waals surface area contributed by atoms with Crippen molar-refractivity contribution in [2.24, 2.45) is 5.73 Å². The molecule has 1 aliphatic rings. The van der Waals surface area contributed by atoms with Gasteiger partial charge in [0.05, 0.1) is 0 Å². The zero-order valence-electron chi connectivity index (χ0n) is 14.0. The highest BCUT2D eigenvalue weighted by molar-refractivity contribution is 5.83. The van der Waals surface area contributed by atoms with Crippen LogP contribution in [0.25, 0.3) is 0 Å². The molecule has 1 aliphatic heterocycles. The van der Waals surface area contributed by atoms with Gasteiger partial charge in [-0.3, -0.25) is 4.79 Å². The van der Waals surface area contributed by atoms with Crippen molar-refractivity contribution in [3.05, 3.63) is 65.7 Å². The number of amides is 1. The molecule has 0 spiro atoms. The van der Waals surface area contributed by atoms with E-state index in [1.54, 1.807) is 0 Å². The molecule has 1 amide bonds. The van der Waals surface area contributed by atoms with E-state index in [1.165, 1.54) is 0 Å². The fourth-order valence-corrected chi connectivity index (χ4v) is 3.06. The number of piperidine rings is 1. The van der Waals surface area contributed by atoms with Gasteiger partial charge in [-0.05, 0) is 24.1 Å². The number of rotatable bonds is 4. The lowest BCUT2D eigenvalue weighted by atomic mass is 10.0. The van der Waals surface area contributed by atoms with Crippen LogP contribution in [0, 0.1) is 6.92 Å². The largest absolute Gasteiger partial charge is 0.490 e. The molecule has 2 aromatic rings. The summed E-state index contributed by atoms with van der Waals surface area (Å²) < 4.78 is 6.09. The van der Waals surface area contributed by atoms with Crippen LogP contribution in [0.15, 0.2) is 54.6 Å². The normalized spacial score (nSPS) is 16.7. The Morgan fingerprint density at radius 2 is 1.71 bits per heavy atom. The van der Waals surface area contributed by atoms with Gasteiger partial charge in [-0.2, -0.15) is 0 Å². The van der Waals surface area contributed by atoms with Gasteiger partial charge in [0.25, 0.3) is 0 Å². The monoisotopic (exact) mass is 324 g/mol. The van der Waals surface area contributed by atoms with E-state index in [-0.39, 0.29) is 12.0 Å². The van der Waals surface area contributed by atoms with Crippen molar-refractivity contribution in [3.8, 4) is 5.75 Å². The molecule has 1 atom stereocenters. The number of hydrogen-bond acceptors (Lipinski definition) is 3. The summed E-state index contributed by atoms with van der Waals surface area (Å²) in [6, 6.07) is 17.0. The van der Waals surface area contributed by atoms with Crippen molar-refractivity contribution < 1.29 is 9.53 Å². The minimum absolute atomic E-state index is 0.00413. The van der Waals surface area contributed by atoms with Gasteiger partial charge >= 0.3 is 0 Å². The van der Waals surface area contributed by atoms with Crippen molar-refractivity contribution in [1.29, 1.82) is 0 Å². The summed E-state index contributed by atoms with van der Waals surface area (Å²) >= 11 is 0. The van der Waals surface area contributed by atoms with E-state index in [2.05, 4.69) is 0 Å². The van der Waals surface area contributed by atoms with Crippen molar-refractivity contribution in [3.63, 3.8) is 0 Å². The van der Waals surface area contributed by atoms with Crippen LogP contribution in [0.2, 0.25) is 0 Å². The Bertz CT molecular complexity index is 679. The van der Waals surface area contributed by atoms with Gasteiger partial charge in [0.1, 0.15) is 17.9 Å². The van der Waals surface area contributed by atoms with E-state index in [9.17, 15) is 4.79 Å². The molecule has 1 fully saturated rings. The number of aryl methyl sites for hydroxylation is 1. The first-order chi connectivity index (χ1) is 11.6. The molecule has 0 aromatic heterocycles. The zero-order valence-corrected chi connectivity index (χ0v) is 14.0. The second kappa shape index (κ2) is 7.49. The van der Waals surface area contributed by atoms with Crippen LogP contribution < -0.4 is 10.5 Å². The first-order valence-electron chi connectivity index (χ1n) is 8.47. The fourth-order valence-electron chi connectivity index (χ4n) is 3.06. The van der Waals surface area contributed by atoms with Gasteiger partial charge in [0, 0.05) is 25.9 Å². The van der Waals surface area contributed by atoms with Crippen LogP contribution in [0.5, 0.6) is 5.75 Å². The number of likely N-dealkylation sites (tertiary alicyclic amines) is 1. The van der Waals surface area contributed by atoms with Crippen molar-refractivity contribution in [1.82, 2.24) is 4.90 Å². The fraction of sp³-hybridized carbons (Fsp3) is 0.350. The van der Waals surface area contributed by atoms with Crippen molar-refractivity contribution >= 4 is 5.91 Å². The van der Waals surface area contributed by atoms with Crippen LogP contribution in [-0.2, 0) is 4.79 Å². The summed E-state index contributed by atoms with van der Waals surface area (Å²) in [6.45, 7) is 3.43. The average molecular weight is 324 g/mol. The first-order valence-corrected chi connectivity index (χ1v) is 8.47. The van der Waals surface area contributed by atoms with Crippen LogP contribution in [-0.4, -0.2) is 30.0 Å². The maximum absolute atomic E-state index is 12.6. The Labute approximate surface area is 143 Å². The number of hydrogen-bond donors (Lipinski definition) is 1. The molecule has 0 aliphatic carbocycles. The molecular formula is C20H24N2O2.